The van der Waals surface area contributed by atoms with Gasteiger partial charge in [-0.1, -0.05) is 11.3 Å². The first kappa shape index (κ1) is 24.9. The molecule has 10 nitrogen and oxygen atoms in total. The smallest absolute Gasteiger partial charge is 0.230 e. The Bertz CT molecular complexity index is 1290. The van der Waals surface area contributed by atoms with Gasteiger partial charge in [-0.2, -0.15) is 5.26 Å². The van der Waals surface area contributed by atoms with E-state index in [1.54, 1.807) is 19.2 Å². The van der Waals surface area contributed by atoms with Gasteiger partial charge >= 0.3 is 0 Å². The molecule has 1 amide bonds. The third-order valence-corrected chi connectivity index (χ3v) is 7.72. The molecule has 0 radical (unpaired) electrons. The number of ether oxygens (including phenoxy) is 1. The Balaban J connectivity index is 1.25. The maximum absolute atomic E-state index is 14.0. The average Bonchev–Trinajstić information content (AvgIpc) is 3.20. The van der Waals surface area contributed by atoms with Gasteiger partial charge in [-0.3, -0.25) is 9.69 Å². The first-order chi connectivity index (χ1) is 18.0. The number of aliphatic imine (C=N–C) groups is 1. The summed E-state index contributed by atoms with van der Waals surface area (Å²) in [6.07, 6.45) is 5.14. The van der Waals surface area contributed by atoms with Crippen LogP contribution in [0.15, 0.2) is 39.7 Å². The fraction of sp³-hybridized carbons (Fsp3) is 0.462. The summed E-state index contributed by atoms with van der Waals surface area (Å²) < 4.78 is 20.2. The molecule has 2 aromatic rings. The zero-order chi connectivity index (χ0) is 25.9. The van der Waals surface area contributed by atoms with Gasteiger partial charge in [0, 0.05) is 38.4 Å². The number of nitriles is 1. The molecule has 1 aromatic heterocycles. The summed E-state index contributed by atoms with van der Waals surface area (Å²) in [7, 11) is 0. The number of rotatable bonds is 4. The number of aryl methyl sites for hydroxylation is 1. The third-order valence-electron chi connectivity index (χ3n) is 7.72. The summed E-state index contributed by atoms with van der Waals surface area (Å²) in [4.78, 5) is 26.4. The van der Waals surface area contributed by atoms with Crippen LogP contribution in [0.4, 0.5) is 10.2 Å². The number of nitrogens with two attached hydrogens (primary N) is 1. The van der Waals surface area contributed by atoms with Crippen LogP contribution in [0.2, 0.25) is 0 Å². The van der Waals surface area contributed by atoms with Crippen LogP contribution in [0.3, 0.4) is 0 Å². The Morgan fingerprint density at radius 3 is 2.97 bits per heavy atom. The van der Waals surface area contributed by atoms with Gasteiger partial charge in [0.15, 0.2) is 5.82 Å². The van der Waals surface area contributed by atoms with E-state index >= 15 is 0 Å². The summed E-state index contributed by atoms with van der Waals surface area (Å²) in [5.41, 5.74) is 3.60. The Morgan fingerprint density at radius 2 is 2.16 bits per heavy atom. The number of nitrogens with zero attached hydrogens (tertiary/aromatic N) is 7. The van der Waals surface area contributed by atoms with E-state index in [2.05, 4.69) is 25.2 Å². The van der Waals surface area contributed by atoms with Gasteiger partial charge < -0.3 is 15.5 Å². The Hall–Kier alpha value is -3.75. The standard InChI is InChI=1S/C26H29FN8O2/c1-16-19(4-5-23(27)21(16)11-28)24-13-35-9-8-34(7-6-18(35)14-37-24)26(36)20-3-2-17-10-25(30-12-22(17)20)31-15-32-33-29/h4-5,10,12,15,18,20,24H,2-3,6-9,13-14H2,1H3,(H2,29,30,31,32). The van der Waals surface area contributed by atoms with E-state index in [0.29, 0.717) is 37.6 Å². The van der Waals surface area contributed by atoms with Crippen LogP contribution in [0.1, 0.15) is 52.7 Å². The lowest BCUT2D eigenvalue weighted by Crippen LogP contribution is -2.47. The topological polar surface area (TPSA) is 133 Å². The van der Waals surface area contributed by atoms with Crippen LogP contribution in [-0.2, 0) is 16.0 Å². The fourth-order valence-electron chi connectivity index (χ4n) is 5.69. The average molecular weight is 505 g/mol. The van der Waals surface area contributed by atoms with E-state index < -0.39 is 5.82 Å². The van der Waals surface area contributed by atoms with Crippen LogP contribution in [0, 0.1) is 24.1 Å². The Kier molecular flexibility index (Phi) is 7.21. The second kappa shape index (κ2) is 10.7. The van der Waals surface area contributed by atoms with Gasteiger partial charge in [0.1, 0.15) is 18.2 Å². The van der Waals surface area contributed by atoms with E-state index in [9.17, 15) is 14.4 Å². The zero-order valence-corrected chi connectivity index (χ0v) is 20.7. The highest BCUT2D eigenvalue weighted by Gasteiger charge is 2.37. The number of amides is 1. The molecular weight excluding hydrogens is 475 g/mol. The van der Waals surface area contributed by atoms with Crippen molar-refractivity contribution < 1.29 is 13.9 Å². The number of aromatic nitrogens is 1. The van der Waals surface area contributed by atoms with Crippen LogP contribution in [0.25, 0.3) is 0 Å². The van der Waals surface area contributed by atoms with Crippen molar-refractivity contribution in [1.82, 2.24) is 14.8 Å². The van der Waals surface area contributed by atoms with Gasteiger partial charge in [0.25, 0.3) is 0 Å². The maximum atomic E-state index is 14.0. The quantitative estimate of drug-likeness (QED) is 0.224. The summed E-state index contributed by atoms with van der Waals surface area (Å²) in [6.45, 7) is 5.00. The van der Waals surface area contributed by atoms with Crippen molar-refractivity contribution in [3.8, 4) is 6.07 Å². The van der Waals surface area contributed by atoms with Gasteiger partial charge in [-0.25, -0.2) is 14.4 Å². The van der Waals surface area contributed by atoms with E-state index in [4.69, 9.17) is 10.6 Å². The summed E-state index contributed by atoms with van der Waals surface area (Å²) in [5.74, 6) is 4.93. The van der Waals surface area contributed by atoms with Crippen molar-refractivity contribution in [3.63, 3.8) is 0 Å². The lowest BCUT2D eigenvalue weighted by Gasteiger charge is -2.39. The van der Waals surface area contributed by atoms with Crippen molar-refractivity contribution in [1.29, 1.82) is 5.26 Å². The number of pyridine rings is 1. The minimum absolute atomic E-state index is 0.0715. The van der Waals surface area contributed by atoms with E-state index in [-0.39, 0.29) is 29.5 Å². The van der Waals surface area contributed by atoms with Crippen LogP contribution >= 0.6 is 0 Å². The normalized spacial score (nSPS) is 24.1. The monoisotopic (exact) mass is 504 g/mol. The number of benzene rings is 1. The number of carbonyl (C=O) groups excluding carboxylic acids is 1. The van der Waals surface area contributed by atoms with Gasteiger partial charge in [0.2, 0.25) is 5.91 Å². The van der Waals surface area contributed by atoms with Crippen LogP contribution in [-0.4, -0.2) is 65.9 Å². The minimum atomic E-state index is -0.507. The molecule has 3 unspecified atom stereocenters. The number of halogens is 1. The van der Waals surface area contributed by atoms with E-state index in [0.717, 1.165) is 42.5 Å². The Morgan fingerprint density at radius 1 is 1.30 bits per heavy atom. The highest BCUT2D eigenvalue weighted by molar-refractivity contribution is 5.85. The number of fused-ring (bicyclic) bond motifs is 2. The SMILES string of the molecule is Cc1c(C2CN3CCN(C(=O)C4CCc5cc(N=CN=NN)ncc54)CCC3CO2)ccc(F)c1C#N. The molecule has 0 bridgehead atoms. The molecule has 2 aliphatic heterocycles. The molecule has 0 spiro atoms. The second-order valence-electron chi connectivity index (χ2n) is 9.64. The predicted octanol–water partition coefficient (Wildman–Crippen LogP) is 3.09. The minimum Gasteiger partial charge on any atom is -0.371 e. The lowest BCUT2D eigenvalue weighted by molar-refractivity contribution is -0.132. The zero-order valence-electron chi connectivity index (χ0n) is 20.7. The van der Waals surface area contributed by atoms with Gasteiger partial charge in [-0.15, -0.1) is 5.11 Å². The van der Waals surface area contributed by atoms with Gasteiger partial charge in [-0.05, 0) is 60.6 Å². The molecule has 0 saturated carbocycles. The molecule has 3 aliphatic rings. The highest BCUT2D eigenvalue weighted by atomic mass is 19.1. The molecule has 1 aliphatic carbocycles. The summed E-state index contributed by atoms with van der Waals surface area (Å²) in [6, 6.07) is 7.13. The van der Waals surface area contributed by atoms with Gasteiger partial charge in [0.05, 0.1) is 24.2 Å². The van der Waals surface area contributed by atoms with E-state index in [1.165, 1.54) is 12.4 Å². The first-order valence-corrected chi connectivity index (χ1v) is 12.4. The van der Waals surface area contributed by atoms with Crippen molar-refractivity contribution in [2.45, 2.75) is 44.2 Å². The number of carbonyl (C=O) groups is 1. The van der Waals surface area contributed by atoms with Crippen molar-refractivity contribution in [3.05, 3.63) is 58.0 Å². The third kappa shape index (κ3) is 4.95. The number of hydrogen-bond acceptors (Lipinski definition) is 7. The fourth-order valence-corrected chi connectivity index (χ4v) is 5.69. The second-order valence-corrected chi connectivity index (χ2v) is 9.64. The lowest BCUT2D eigenvalue weighted by atomic mass is 9.96. The molecular formula is C26H29FN8O2. The number of hydrogen-bond donors (Lipinski definition) is 1. The molecule has 3 atom stereocenters. The Labute approximate surface area is 214 Å². The predicted molar refractivity (Wildman–Crippen MR) is 134 cm³/mol. The molecule has 5 rings (SSSR count). The molecule has 1 aromatic carbocycles. The molecule has 37 heavy (non-hydrogen) atoms. The highest BCUT2D eigenvalue weighted by Crippen LogP contribution is 2.36. The molecule has 192 valence electrons. The molecule has 11 heteroatoms. The van der Waals surface area contributed by atoms with Crippen molar-refractivity contribution >= 4 is 18.1 Å². The number of morpholine rings is 1. The molecule has 3 heterocycles. The van der Waals surface area contributed by atoms with Crippen molar-refractivity contribution in [2.24, 2.45) is 21.2 Å². The first-order valence-electron chi connectivity index (χ1n) is 12.4. The molecule has 2 N–H and O–H groups in total. The summed E-state index contributed by atoms with van der Waals surface area (Å²) in [5, 5.41) is 16.0. The largest absolute Gasteiger partial charge is 0.371 e. The summed E-state index contributed by atoms with van der Waals surface area (Å²) >= 11 is 0. The maximum Gasteiger partial charge on any atom is 0.230 e. The van der Waals surface area contributed by atoms with Crippen LogP contribution < -0.4 is 5.84 Å². The van der Waals surface area contributed by atoms with Crippen LogP contribution in [0.5, 0.6) is 0 Å². The van der Waals surface area contributed by atoms with E-state index in [1.807, 2.05) is 17.0 Å². The molecule has 2 fully saturated rings. The van der Waals surface area contributed by atoms with Crippen molar-refractivity contribution in [2.75, 3.05) is 32.8 Å². The molecule has 2 saturated heterocycles.